The zero-order valence-corrected chi connectivity index (χ0v) is 23.4. The van der Waals surface area contributed by atoms with E-state index in [1.807, 2.05) is 52.0 Å². The van der Waals surface area contributed by atoms with Gasteiger partial charge in [-0.2, -0.15) is 0 Å². The quantitative estimate of drug-likeness (QED) is 0.293. The number of hydrogen-bond acceptors (Lipinski definition) is 6. The van der Waals surface area contributed by atoms with Crippen LogP contribution in [-0.4, -0.2) is 21.5 Å². The molecule has 3 aromatic rings. The number of carbonyl (C=O) groups is 2. The largest absolute Gasteiger partial charge is 0.458 e. The van der Waals surface area contributed by atoms with Crippen molar-refractivity contribution in [1.82, 2.24) is 9.55 Å². The van der Waals surface area contributed by atoms with Gasteiger partial charge < -0.3 is 14.0 Å². The molecule has 2 aromatic heterocycles. The van der Waals surface area contributed by atoms with Gasteiger partial charge in [-0.05, 0) is 24.1 Å². The maximum absolute atomic E-state index is 13.2. The SMILES string of the molecule is CC.CC.CCCC.CCc1c2c(nc3ccccc13)-c1cc3c(c(=O)n1C2)COC(=O)[C@H]3OC(C)=O. The van der Waals surface area contributed by atoms with Crippen molar-refractivity contribution in [3.63, 3.8) is 0 Å². The van der Waals surface area contributed by atoms with Crippen LogP contribution in [0.3, 0.4) is 0 Å². The van der Waals surface area contributed by atoms with Crippen LogP contribution in [0.1, 0.15) is 96.6 Å². The first-order valence-corrected chi connectivity index (χ1v) is 13.4. The molecular formula is C30H40N2O5. The van der Waals surface area contributed by atoms with Gasteiger partial charge in [0.2, 0.25) is 6.10 Å². The highest BCUT2D eigenvalue weighted by Gasteiger charge is 2.37. The van der Waals surface area contributed by atoms with Crippen LogP contribution in [0.2, 0.25) is 0 Å². The highest BCUT2D eigenvalue weighted by Crippen LogP contribution is 2.38. The third-order valence-electron chi connectivity index (χ3n) is 6.10. The molecule has 37 heavy (non-hydrogen) atoms. The van der Waals surface area contributed by atoms with Crippen molar-refractivity contribution >= 4 is 22.8 Å². The summed E-state index contributed by atoms with van der Waals surface area (Å²) in [6.07, 6.45) is 2.22. The first-order chi connectivity index (χ1) is 17.9. The van der Waals surface area contributed by atoms with E-state index in [1.165, 1.54) is 19.8 Å². The number of pyridine rings is 2. The molecule has 200 valence electrons. The van der Waals surface area contributed by atoms with Crippen LogP contribution in [0.15, 0.2) is 35.1 Å². The van der Waals surface area contributed by atoms with Crippen molar-refractivity contribution in [2.24, 2.45) is 0 Å². The summed E-state index contributed by atoms with van der Waals surface area (Å²) in [6, 6.07) is 9.66. The molecule has 0 saturated carbocycles. The number of para-hydroxylation sites is 1. The Bertz CT molecular complexity index is 1310. The number of aryl methyl sites for hydroxylation is 1. The summed E-state index contributed by atoms with van der Waals surface area (Å²) < 4.78 is 11.9. The zero-order valence-electron chi connectivity index (χ0n) is 23.4. The number of benzene rings is 1. The lowest BCUT2D eigenvalue weighted by Crippen LogP contribution is -2.34. The fourth-order valence-electron chi connectivity index (χ4n) is 4.33. The molecule has 0 amide bonds. The molecule has 1 aromatic carbocycles. The summed E-state index contributed by atoms with van der Waals surface area (Å²) >= 11 is 0. The minimum atomic E-state index is -1.23. The molecule has 7 nitrogen and oxygen atoms in total. The van der Waals surface area contributed by atoms with E-state index in [4.69, 9.17) is 14.5 Å². The molecule has 0 bridgehead atoms. The average molecular weight is 509 g/mol. The Morgan fingerprint density at radius 2 is 1.70 bits per heavy atom. The summed E-state index contributed by atoms with van der Waals surface area (Å²) in [4.78, 5) is 41.7. The van der Waals surface area contributed by atoms with E-state index in [0.717, 1.165) is 34.1 Å². The average Bonchev–Trinajstić information content (AvgIpc) is 3.29. The van der Waals surface area contributed by atoms with Gasteiger partial charge in [0.25, 0.3) is 5.56 Å². The number of unbranched alkanes of at least 4 members (excludes halogenated alkanes) is 1. The second-order valence-corrected chi connectivity index (χ2v) is 8.24. The van der Waals surface area contributed by atoms with Crippen LogP contribution in [0.25, 0.3) is 22.3 Å². The van der Waals surface area contributed by atoms with Crippen molar-refractivity contribution in [3.05, 3.63) is 62.9 Å². The standard InChI is InChI=1S/C22H18N2O5.C4H10.2C2H6/c1-3-12-13-6-4-5-7-17(13)23-19-15(12)9-24-18(19)8-14-16(21(24)26)10-28-22(27)20(14)29-11(2)25;1-3-4-2;2*1-2/h4-8,20H,3,9-10H2,1-2H3;3-4H2,1-2H3;2*1-2H3/t20-;;;/m0.../s1. The number of carbonyl (C=O) groups excluding carboxylic acids is 2. The van der Waals surface area contributed by atoms with Gasteiger partial charge in [0.05, 0.1) is 29.0 Å². The van der Waals surface area contributed by atoms with Gasteiger partial charge in [-0.25, -0.2) is 9.78 Å². The number of ether oxygens (including phenoxy) is 2. The number of cyclic esters (lactones) is 1. The van der Waals surface area contributed by atoms with E-state index in [2.05, 4.69) is 20.8 Å². The first kappa shape index (κ1) is 29.7. The Labute approximate surface area is 219 Å². The molecule has 4 heterocycles. The van der Waals surface area contributed by atoms with E-state index >= 15 is 0 Å². The molecule has 0 aliphatic carbocycles. The van der Waals surface area contributed by atoms with Gasteiger partial charge in [-0.3, -0.25) is 9.59 Å². The minimum Gasteiger partial charge on any atom is -0.458 e. The molecule has 0 spiro atoms. The highest BCUT2D eigenvalue weighted by atomic mass is 16.6. The van der Waals surface area contributed by atoms with Crippen LogP contribution in [-0.2, 0) is 38.6 Å². The topological polar surface area (TPSA) is 87.5 Å². The Morgan fingerprint density at radius 1 is 1.05 bits per heavy atom. The van der Waals surface area contributed by atoms with Crippen LogP contribution < -0.4 is 5.56 Å². The smallest absolute Gasteiger partial charge is 0.352 e. The zero-order chi connectivity index (χ0) is 27.7. The second-order valence-electron chi connectivity index (χ2n) is 8.24. The first-order valence-electron chi connectivity index (χ1n) is 13.4. The molecule has 1 atom stereocenters. The Morgan fingerprint density at radius 3 is 2.30 bits per heavy atom. The molecular weight excluding hydrogens is 468 g/mol. The van der Waals surface area contributed by atoms with Crippen LogP contribution >= 0.6 is 0 Å². The predicted octanol–water partition coefficient (Wildman–Crippen LogP) is 6.51. The van der Waals surface area contributed by atoms with E-state index in [1.54, 1.807) is 10.6 Å². The lowest BCUT2D eigenvalue weighted by molar-refractivity contribution is -0.170. The highest BCUT2D eigenvalue weighted by molar-refractivity contribution is 5.88. The van der Waals surface area contributed by atoms with Gasteiger partial charge in [-0.1, -0.05) is 79.5 Å². The predicted molar refractivity (Wildman–Crippen MR) is 147 cm³/mol. The van der Waals surface area contributed by atoms with Crippen LogP contribution in [0, 0.1) is 0 Å². The second kappa shape index (κ2) is 13.7. The van der Waals surface area contributed by atoms with Gasteiger partial charge in [0.15, 0.2) is 0 Å². The molecule has 7 heteroatoms. The number of aromatic nitrogens is 2. The van der Waals surface area contributed by atoms with Crippen molar-refractivity contribution in [2.75, 3.05) is 0 Å². The molecule has 5 rings (SSSR count). The summed E-state index contributed by atoms with van der Waals surface area (Å²) in [5, 5.41) is 1.08. The Hall–Kier alpha value is -3.48. The van der Waals surface area contributed by atoms with Gasteiger partial charge in [0.1, 0.15) is 6.61 Å². The molecule has 0 radical (unpaired) electrons. The monoisotopic (exact) mass is 508 g/mol. The third kappa shape index (κ3) is 5.92. The molecule has 0 saturated heterocycles. The summed E-state index contributed by atoms with van der Waals surface area (Å²) in [6.45, 7) is 16.0. The Kier molecular flexibility index (Phi) is 11.0. The fraction of sp³-hybridized carbons (Fsp3) is 0.467. The summed E-state index contributed by atoms with van der Waals surface area (Å²) in [5.41, 5.74) is 4.89. The lowest BCUT2D eigenvalue weighted by atomic mass is 9.97. The van der Waals surface area contributed by atoms with Crippen molar-refractivity contribution < 1.29 is 19.1 Å². The summed E-state index contributed by atoms with van der Waals surface area (Å²) in [7, 11) is 0. The van der Waals surface area contributed by atoms with Gasteiger partial charge in [0, 0.05) is 23.4 Å². The van der Waals surface area contributed by atoms with Crippen LogP contribution in [0.4, 0.5) is 0 Å². The fourth-order valence-corrected chi connectivity index (χ4v) is 4.33. The van der Waals surface area contributed by atoms with E-state index in [9.17, 15) is 14.4 Å². The Balaban J connectivity index is 0.000000541. The van der Waals surface area contributed by atoms with E-state index < -0.39 is 18.0 Å². The lowest BCUT2D eigenvalue weighted by Gasteiger charge is -2.24. The van der Waals surface area contributed by atoms with Gasteiger partial charge in [-0.15, -0.1) is 0 Å². The third-order valence-corrected chi connectivity index (χ3v) is 6.10. The molecule has 0 unspecified atom stereocenters. The summed E-state index contributed by atoms with van der Waals surface area (Å²) in [5.74, 6) is -1.28. The van der Waals surface area contributed by atoms with E-state index in [-0.39, 0.29) is 12.2 Å². The number of rotatable bonds is 3. The van der Waals surface area contributed by atoms with Crippen molar-refractivity contribution in [3.8, 4) is 11.4 Å². The number of nitrogens with zero attached hydrogens (tertiary/aromatic N) is 2. The van der Waals surface area contributed by atoms with Crippen molar-refractivity contribution in [2.45, 2.75) is 93.9 Å². The molecule has 0 N–H and O–H groups in total. The molecule has 2 aliphatic heterocycles. The van der Waals surface area contributed by atoms with Crippen molar-refractivity contribution in [1.29, 1.82) is 0 Å². The normalized spacial score (nSPS) is 14.3. The number of hydrogen-bond donors (Lipinski definition) is 0. The maximum atomic E-state index is 13.2. The van der Waals surface area contributed by atoms with Gasteiger partial charge >= 0.3 is 11.9 Å². The number of fused-ring (bicyclic) bond motifs is 5. The minimum absolute atomic E-state index is 0.128. The van der Waals surface area contributed by atoms with E-state index in [0.29, 0.717) is 23.4 Å². The molecule has 0 fully saturated rings. The molecule has 2 aliphatic rings. The van der Waals surface area contributed by atoms with Crippen LogP contribution in [0.5, 0.6) is 0 Å². The maximum Gasteiger partial charge on any atom is 0.352 e. The number of esters is 2.